The number of carbonyl (C=O) groups excluding carboxylic acids is 2. The van der Waals surface area contributed by atoms with Gasteiger partial charge in [-0.2, -0.15) is 0 Å². The first kappa shape index (κ1) is 23.6. The Bertz CT molecular complexity index is 1170. The third-order valence-electron chi connectivity index (χ3n) is 4.85. The van der Waals surface area contributed by atoms with E-state index < -0.39 is 22.9 Å². The summed E-state index contributed by atoms with van der Waals surface area (Å²) in [5, 5.41) is 16.5. The summed E-state index contributed by atoms with van der Waals surface area (Å²) in [6, 6.07) is 17.9. The number of benzene rings is 3. The predicted octanol–water partition coefficient (Wildman–Crippen LogP) is 4.97. The summed E-state index contributed by atoms with van der Waals surface area (Å²) in [5.41, 5.74) is 1.83. The summed E-state index contributed by atoms with van der Waals surface area (Å²) in [5.74, 6) is -0.261. The number of nitrogens with zero attached hydrogens (tertiary/aromatic N) is 2. The molecule has 3 rings (SSSR count). The number of non-ortho nitro benzene ring substituents is 1. The largest absolute Gasteiger partial charge is 0.495 e. The molecule has 0 heterocycles. The lowest BCUT2D eigenvalue weighted by molar-refractivity contribution is -0.384. The van der Waals surface area contributed by atoms with Crippen molar-refractivity contribution in [3.63, 3.8) is 0 Å². The number of thiol groups is 1. The maximum atomic E-state index is 13.2. The normalized spacial score (nSPS) is 11.2. The summed E-state index contributed by atoms with van der Waals surface area (Å²) >= 11 is 4.31. The fraction of sp³-hybridized carbons (Fsp3) is 0.130. The summed E-state index contributed by atoms with van der Waals surface area (Å²) in [4.78, 5) is 36.8. The van der Waals surface area contributed by atoms with Crippen LogP contribution in [0.2, 0.25) is 0 Å². The van der Waals surface area contributed by atoms with Gasteiger partial charge in [-0.1, -0.05) is 61.3 Å². The van der Waals surface area contributed by atoms with Gasteiger partial charge in [-0.3, -0.25) is 19.2 Å². The number of carbonyl (C=O) groups is 2. The number of rotatable bonds is 7. The van der Waals surface area contributed by atoms with Crippen LogP contribution in [0.15, 0.2) is 72.8 Å². The monoisotopic (exact) mass is 466 g/mol. The molecule has 170 valence electrons. The zero-order valence-electron chi connectivity index (χ0n) is 17.9. The highest BCUT2D eigenvalue weighted by atomic mass is 32.1. The molecule has 0 aromatic heterocycles. The number of hydrogen-bond acceptors (Lipinski definition) is 6. The van der Waals surface area contributed by atoms with Crippen LogP contribution in [0.25, 0.3) is 0 Å². The van der Waals surface area contributed by atoms with Crippen molar-refractivity contribution in [2.24, 2.45) is 0 Å². The van der Waals surface area contributed by atoms with Gasteiger partial charge in [0.15, 0.2) is 0 Å². The van der Waals surface area contributed by atoms with Crippen molar-refractivity contribution < 1.29 is 19.2 Å². The van der Waals surface area contributed by atoms with Gasteiger partial charge in [-0.25, -0.2) is 4.79 Å². The highest BCUT2D eigenvalue weighted by Crippen LogP contribution is 2.31. The van der Waals surface area contributed by atoms with Gasteiger partial charge in [0.1, 0.15) is 11.8 Å². The van der Waals surface area contributed by atoms with E-state index in [9.17, 15) is 19.7 Å². The molecule has 2 N–H and O–H groups in total. The van der Waals surface area contributed by atoms with Gasteiger partial charge in [0.2, 0.25) is 0 Å². The van der Waals surface area contributed by atoms with Crippen LogP contribution >= 0.6 is 12.8 Å². The fourth-order valence-electron chi connectivity index (χ4n) is 3.15. The number of nitrogens with one attached hydrogen (secondary N) is 2. The van der Waals surface area contributed by atoms with E-state index in [0.29, 0.717) is 11.3 Å². The van der Waals surface area contributed by atoms with Crippen LogP contribution in [0.3, 0.4) is 0 Å². The molecule has 9 nitrogen and oxygen atoms in total. The first-order valence-corrected chi connectivity index (χ1v) is 10.2. The molecule has 0 aliphatic rings. The maximum absolute atomic E-state index is 13.2. The quantitative estimate of drug-likeness (QED) is 0.258. The van der Waals surface area contributed by atoms with Crippen LogP contribution in [0.5, 0.6) is 5.75 Å². The number of nitro groups is 1. The van der Waals surface area contributed by atoms with Crippen LogP contribution in [-0.4, -0.2) is 28.3 Å². The van der Waals surface area contributed by atoms with Crippen molar-refractivity contribution in [2.75, 3.05) is 17.7 Å². The summed E-state index contributed by atoms with van der Waals surface area (Å²) in [6.07, 6.45) is 0. The number of para-hydroxylation sites is 1. The molecule has 3 amide bonds. The Labute approximate surface area is 196 Å². The number of urea groups is 1. The van der Waals surface area contributed by atoms with Crippen LogP contribution < -0.4 is 15.4 Å². The number of nitro benzene ring substituents is 1. The van der Waals surface area contributed by atoms with E-state index in [1.165, 1.54) is 25.3 Å². The van der Waals surface area contributed by atoms with Crippen molar-refractivity contribution >= 4 is 41.8 Å². The minimum Gasteiger partial charge on any atom is -0.495 e. The van der Waals surface area contributed by atoms with E-state index in [4.69, 9.17) is 4.74 Å². The van der Waals surface area contributed by atoms with Gasteiger partial charge in [0.25, 0.3) is 11.6 Å². The number of aryl methyl sites for hydroxylation is 1. The molecule has 3 aromatic carbocycles. The molecular formula is C23H22N4O5S. The van der Waals surface area contributed by atoms with E-state index in [0.717, 1.165) is 9.87 Å². The Morgan fingerprint density at radius 1 is 1.00 bits per heavy atom. The van der Waals surface area contributed by atoms with Crippen LogP contribution in [-0.2, 0) is 4.79 Å². The molecule has 0 radical (unpaired) electrons. The lowest BCUT2D eigenvalue weighted by Gasteiger charge is -2.27. The smallest absolute Gasteiger partial charge is 0.332 e. The lowest BCUT2D eigenvalue weighted by Crippen LogP contribution is -2.38. The second-order valence-electron chi connectivity index (χ2n) is 7.03. The van der Waals surface area contributed by atoms with Gasteiger partial charge < -0.3 is 15.4 Å². The van der Waals surface area contributed by atoms with E-state index in [2.05, 4.69) is 23.4 Å². The second kappa shape index (κ2) is 10.5. The van der Waals surface area contributed by atoms with E-state index in [1.807, 2.05) is 19.1 Å². The Hall–Kier alpha value is -4.05. The molecule has 0 saturated heterocycles. The minimum absolute atomic E-state index is 0.0712. The third-order valence-corrected chi connectivity index (χ3v) is 5.27. The van der Waals surface area contributed by atoms with Gasteiger partial charge in [-0.05, 0) is 30.2 Å². The SMILES string of the molecule is COc1ccc([N+](=O)[O-])cc1NC(=O)N(S)C(C(=O)Nc1ccccc1C)c1ccccc1. The minimum atomic E-state index is -1.10. The van der Waals surface area contributed by atoms with Gasteiger partial charge in [-0.15, -0.1) is 0 Å². The van der Waals surface area contributed by atoms with Crippen LogP contribution in [0.4, 0.5) is 21.9 Å². The van der Waals surface area contributed by atoms with Crippen LogP contribution in [0.1, 0.15) is 17.2 Å². The summed E-state index contributed by atoms with van der Waals surface area (Å²) < 4.78 is 6.12. The molecule has 10 heteroatoms. The number of hydrogen-bond donors (Lipinski definition) is 3. The highest BCUT2D eigenvalue weighted by molar-refractivity contribution is 7.78. The zero-order valence-corrected chi connectivity index (χ0v) is 18.8. The molecule has 1 atom stereocenters. The van der Waals surface area contributed by atoms with Crippen molar-refractivity contribution in [2.45, 2.75) is 13.0 Å². The molecule has 3 aromatic rings. The maximum Gasteiger partial charge on any atom is 0.332 e. The Balaban J connectivity index is 1.90. The predicted molar refractivity (Wildman–Crippen MR) is 128 cm³/mol. The van der Waals surface area contributed by atoms with E-state index >= 15 is 0 Å². The number of anilines is 2. The standard InChI is InChI=1S/C23H22N4O5S/c1-15-8-6-7-11-18(15)24-22(28)21(16-9-4-3-5-10-16)26(33)23(29)25-19-14-17(27(30)31)12-13-20(19)32-2/h3-14,21,33H,1-2H3,(H,24,28)(H,25,29). The molecule has 33 heavy (non-hydrogen) atoms. The average Bonchev–Trinajstić information content (AvgIpc) is 2.81. The van der Waals surface area contributed by atoms with Gasteiger partial charge in [0, 0.05) is 17.8 Å². The first-order chi connectivity index (χ1) is 15.8. The summed E-state index contributed by atoms with van der Waals surface area (Å²) in [7, 11) is 1.37. The van der Waals surface area contributed by atoms with Crippen molar-refractivity contribution in [3.8, 4) is 5.75 Å². The molecule has 0 aliphatic carbocycles. The van der Waals surface area contributed by atoms with Crippen LogP contribution in [0, 0.1) is 17.0 Å². The lowest BCUT2D eigenvalue weighted by atomic mass is 10.1. The number of amides is 3. The molecule has 0 saturated carbocycles. The van der Waals surface area contributed by atoms with Crippen molar-refractivity contribution in [3.05, 3.63) is 94.0 Å². The summed E-state index contributed by atoms with van der Waals surface area (Å²) in [6.45, 7) is 1.85. The second-order valence-corrected chi connectivity index (χ2v) is 7.46. The first-order valence-electron chi connectivity index (χ1n) is 9.84. The molecule has 0 fully saturated rings. The Morgan fingerprint density at radius 3 is 2.30 bits per heavy atom. The topological polar surface area (TPSA) is 114 Å². The molecule has 1 unspecified atom stereocenters. The molecule has 0 spiro atoms. The number of methoxy groups -OCH3 is 1. The zero-order chi connectivity index (χ0) is 24.0. The van der Waals surface area contributed by atoms with Gasteiger partial charge in [0.05, 0.1) is 17.7 Å². The number of ether oxygens (including phenoxy) is 1. The van der Waals surface area contributed by atoms with Crippen molar-refractivity contribution in [1.82, 2.24) is 4.31 Å². The van der Waals surface area contributed by atoms with E-state index in [1.54, 1.807) is 42.5 Å². The molecular weight excluding hydrogens is 444 g/mol. The Morgan fingerprint density at radius 2 is 1.67 bits per heavy atom. The fourth-order valence-corrected chi connectivity index (χ4v) is 3.44. The highest BCUT2D eigenvalue weighted by Gasteiger charge is 2.30. The van der Waals surface area contributed by atoms with Crippen molar-refractivity contribution in [1.29, 1.82) is 0 Å². The van der Waals surface area contributed by atoms with Gasteiger partial charge >= 0.3 is 6.03 Å². The Kier molecular flexibility index (Phi) is 7.52. The van der Waals surface area contributed by atoms with E-state index in [-0.39, 0.29) is 17.1 Å². The average molecular weight is 467 g/mol. The molecule has 0 bridgehead atoms. The molecule has 0 aliphatic heterocycles. The third kappa shape index (κ3) is 5.60.